The smallest absolute Gasteiger partial charge is 0.264 e. The fraction of sp³-hybridized carbons (Fsp3) is 0.474. The van der Waals surface area contributed by atoms with E-state index in [0.29, 0.717) is 12.5 Å². The lowest BCUT2D eigenvalue weighted by Crippen LogP contribution is -2.34. The van der Waals surface area contributed by atoms with Gasteiger partial charge in [-0.05, 0) is 42.2 Å². The topological polar surface area (TPSA) is 98.2 Å². The van der Waals surface area contributed by atoms with Crippen LogP contribution in [0.2, 0.25) is 0 Å². The summed E-state index contributed by atoms with van der Waals surface area (Å²) in [5.74, 6) is 2.21. The van der Waals surface area contributed by atoms with Gasteiger partial charge in [-0.25, -0.2) is 10.1 Å². The van der Waals surface area contributed by atoms with Crippen LogP contribution in [-0.2, 0) is 13.0 Å². The average Bonchev–Trinajstić information content (AvgIpc) is 3.36. The summed E-state index contributed by atoms with van der Waals surface area (Å²) in [6, 6.07) is 3.70. The van der Waals surface area contributed by atoms with E-state index >= 15 is 0 Å². The van der Waals surface area contributed by atoms with Crippen molar-refractivity contribution in [3.63, 3.8) is 0 Å². The molecule has 1 fully saturated rings. The Morgan fingerprint density at radius 1 is 1.29 bits per heavy atom. The number of thiophene rings is 1. The van der Waals surface area contributed by atoms with Gasteiger partial charge in [-0.2, -0.15) is 10.1 Å². The molecule has 1 saturated heterocycles. The third-order valence-corrected chi connectivity index (χ3v) is 6.55. The van der Waals surface area contributed by atoms with Crippen LogP contribution in [0.15, 0.2) is 22.3 Å². The van der Waals surface area contributed by atoms with Gasteiger partial charge in [0.2, 0.25) is 5.95 Å². The third-order valence-electron chi connectivity index (χ3n) is 5.65. The number of anilines is 2. The van der Waals surface area contributed by atoms with Crippen molar-refractivity contribution in [1.82, 2.24) is 20.2 Å². The molecule has 0 saturated carbocycles. The number of rotatable bonds is 4. The highest BCUT2D eigenvalue weighted by Gasteiger charge is 2.27. The van der Waals surface area contributed by atoms with E-state index in [1.54, 1.807) is 17.4 Å². The molecule has 0 radical (unpaired) electrons. The molecule has 0 spiro atoms. The predicted molar refractivity (Wildman–Crippen MR) is 109 cm³/mol. The van der Waals surface area contributed by atoms with Crippen molar-refractivity contribution >= 4 is 33.3 Å². The summed E-state index contributed by atoms with van der Waals surface area (Å²) in [6.45, 7) is 3.47. The number of hydrogen-bond donors (Lipinski definition) is 2. The van der Waals surface area contributed by atoms with Crippen molar-refractivity contribution in [3.05, 3.63) is 39.1 Å². The van der Waals surface area contributed by atoms with Crippen molar-refractivity contribution < 1.29 is 5.11 Å². The molecule has 5 rings (SSSR count). The lowest BCUT2D eigenvalue weighted by Gasteiger charge is -2.29. The van der Waals surface area contributed by atoms with Crippen molar-refractivity contribution in [2.24, 2.45) is 5.92 Å². The van der Waals surface area contributed by atoms with Gasteiger partial charge >= 0.3 is 0 Å². The van der Waals surface area contributed by atoms with Gasteiger partial charge in [-0.1, -0.05) is 0 Å². The molecule has 5 heterocycles. The van der Waals surface area contributed by atoms with E-state index in [1.165, 1.54) is 0 Å². The van der Waals surface area contributed by atoms with Crippen LogP contribution in [0.3, 0.4) is 0 Å². The molecule has 2 N–H and O–H groups in total. The Hall–Kier alpha value is -2.52. The van der Waals surface area contributed by atoms with Gasteiger partial charge in [0, 0.05) is 32.3 Å². The molecular formula is C19H22N6O2S. The van der Waals surface area contributed by atoms with Crippen LogP contribution in [0.25, 0.3) is 10.2 Å². The zero-order valence-corrected chi connectivity index (χ0v) is 16.3. The van der Waals surface area contributed by atoms with Crippen LogP contribution in [0, 0.1) is 5.92 Å². The maximum atomic E-state index is 11.5. The minimum Gasteiger partial charge on any atom is -0.396 e. The summed E-state index contributed by atoms with van der Waals surface area (Å²) >= 11 is 1.65. The first-order valence-electron chi connectivity index (χ1n) is 9.65. The Morgan fingerprint density at radius 3 is 3.11 bits per heavy atom. The Kier molecular flexibility index (Phi) is 4.48. The zero-order valence-electron chi connectivity index (χ0n) is 15.5. The first-order chi connectivity index (χ1) is 13.7. The number of hydrogen-bond acceptors (Lipinski definition) is 8. The van der Waals surface area contributed by atoms with Gasteiger partial charge in [0.15, 0.2) is 5.82 Å². The van der Waals surface area contributed by atoms with Gasteiger partial charge in [0.05, 0.1) is 22.5 Å². The molecule has 3 aromatic heterocycles. The Labute approximate surface area is 165 Å². The van der Waals surface area contributed by atoms with Crippen molar-refractivity contribution in [3.8, 4) is 0 Å². The van der Waals surface area contributed by atoms with Gasteiger partial charge < -0.3 is 14.9 Å². The molecule has 9 heteroatoms. The quantitative estimate of drug-likeness (QED) is 0.688. The molecule has 0 bridgehead atoms. The highest BCUT2D eigenvalue weighted by atomic mass is 32.1. The van der Waals surface area contributed by atoms with E-state index in [9.17, 15) is 9.90 Å². The van der Waals surface area contributed by atoms with E-state index in [2.05, 4.69) is 25.4 Å². The van der Waals surface area contributed by atoms with Gasteiger partial charge in [-0.3, -0.25) is 4.79 Å². The second-order valence-electron chi connectivity index (χ2n) is 7.47. The van der Waals surface area contributed by atoms with Crippen LogP contribution >= 0.6 is 11.3 Å². The molecular weight excluding hydrogens is 376 g/mol. The molecule has 1 atom stereocenters. The summed E-state index contributed by atoms with van der Waals surface area (Å²) in [5.41, 5.74) is 2.74. The molecule has 28 heavy (non-hydrogen) atoms. The van der Waals surface area contributed by atoms with Crippen molar-refractivity contribution in [2.45, 2.75) is 25.8 Å². The molecule has 0 aliphatic carbocycles. The van der Waals surface area contributed by atoms with Crippen molar-refractivity contribution in [1.29, 1.82) is 0 Å². The van der Waals surface area contributed by atoms with E-state index < -0.39 is 0 Å². The number of nitrogens with one attached hydrogen (secondary N) is 1. The minimum absolute atomic E-state index is 0.149. The average molecular weight is 398 g/mol. The third kappa shape index (κ3) is 3.14. The zero-order chi connectivity index (χ0) is 19.1. The number of H-pyrrole nitrogens is 1. The standard InChI is InChI=1S/C19H22N6O2S/c26-7-3-12-1-5-25(10-12)19-20-14-4-8-28-17(14)18(21-19)24-6-2-13-9-16(27)23-22-15(13)11-24/h4,8-9,12,26H,1-3,5-7,10-11H2,(H,23,27)/t12-/m0/s1. The highest BCUT2D eigenvalue weighted by molar-refractivity contribution is 7.17. The van der Waals surface area contributed by atoms with Crippen LogP contribution in [0.1, 0.15) is 24.1 Å². The first kappa shape index (κ1) is 17.6. The van der Waals surface area contributed by atoms with Crippen LogP contribution in [0.4, 0.5) is 11.8 Å². The van der Waals surface area contributed by atoms with Crippen LogP contribution in [-0.4, -0.2) is 51.5 Å². The van der Waals surface area contributed by atoms with E-state index in [4.69, 9.17) is 9.97 Å². The summed E-state index contributed by atoms with van der Waals surface area (Å²) in [5, 5.41) is 18.1. The summed E-state index contributed by atoms with van der Waals surface area (Å²) in [4.78, 5) is 25.7. The Balaban J connectivity index is 1.48. The number of aliphatic hydroxyl groups is 1. The summed E-state index contributed by atoms with van der Waals surface area (Å²) in [6.07, 6.45) is 2.67. The second kappa shape index (κ2) is 7.14. The molecule has 2 aliphatic heterocycles. The monoisotopic (exact) mass is 398 g/mol. The second-order valence-corrected chi connectivity index (χ2v) is 8.39. The summed E-state index contributed by atoms with van der Waals surface area (Å²) < 4.78 is 1.09. The largest absolute Gasteiger partial charge is 0.396 e. The van der Waals surface area contributed by atoms with E-state index in [-0.39, 0.29) is 12.2 Å². The normalized spacial score (nSPS) is 19.4. The van der Waals surface area contributed by atoms with Gasteiger partial charge in [0.25, 0.3) is 5.56 Å². The van der Waals surface area contributed by atoms with E-state index in [0.717, 1.165) is 72.1 Å². The Bertz CT molecular complexity index is 1060. The maximum absolute atomic E-state index is 11.5. The van der Waals surface area contributed by atoms with Gasteiger partial charge in [-0.15, -0.1) is 11.3 Å². The lowest BCUT2D eigenvalue weighted by atomic mass is 10.1. The molecule has 2 aliphatic rings. The predicted octanol–water partition coefficient (Wildman–Crippen LogP) is 1.55. The molecule has 0 aromatic carbocycles. The van der Waals surface area contributed by atoms with Crippen molar-refractivity contribution in [2.75, 3.05) is 36.0 Å². The summed E-state index contributed by atoms with van der Waals surface area (Å²) in [7, 11) is 0. The lowest BCUT2D eigenvalue weighted by molar-refractivity contribution is 0.263. The maximum Gasteiger partial charge on any atom is 0.264 e. The van der Waals surface area contributed by atoms with Gasteiger partial charge in [0.1, 0.15) is 0 Å². The number of aliphatic hydroxyl groups excluding tert-OH is 1. The van der Waals surface area contributed by atoms with Crippen LogP contribution in [0.5, 0.6) is 0 Å². The first-order valence-corrected chi connectivity index (χ1v) is 10.5. The molecule has 8 nitrogen and oxygen atoms in total. The van der Waals surface area contributed by atoms with Crippen LogP contribution < -0.4 is 15.4 Å². The Morgan fingerprint density at radius 2 is 2.21 bits per heavy atom. The molecule has 0 amide bonds. The fourth-order valence-electron chi connectivity index (χ4n) is 4.14. The number of nitrogens with zero attached hydrogens (tertiary/aromatic N) is 5. The SMILES string of the molecule is O=c1cc2c(n[nH]1)CN(c1nc(N3CC[C@@H](CCO)C3)nc3ccsc13)CC2. The molecule has 3 aromatic rings. The fourth-order valence-corrected chi connectivity index (χ4v) is 4.99. The minimum atomic E-state index is -0.149. The number of aromatic nitrogens is 4. The molecule has 146 valence electrons. The molecule has 0 unspecified atom stereocenters. The highest BCUT2D eigenvalue weighted by Crippen LogP contribution is 2.34. The number of fused-ring (bicyclic) bond motifs is 2. The van der Waals surface area contributed by atoms with E-state index in [1.807, 2.05) is 6.07 Å². The number of aromatic amines is 1.